The van der Waals surface area contributed by atoms with Crippen LogP contribution in [0, 0.1) is 17.7 Å². The second kappa shape index (κ2) is 7.55. The van der Waals surface area contributed by atoms with Crippen molar-refractivity contribution >= 4 is 27.8 Å². The SMILES string of the molecule is NC[C@]1(c2ccccc2F)[C@@H]2CCN(c3cnc4c(-c5ccc6cnccc6c5)[nH]nc4n3)C[C@@H]21. The minimum Gasteiger partial charge on any atom is -0.355 e. The summed E-state index contributed by atoms with van der Waals surface area (Å²) in [7, 11) is 0. The molecule has 7 rings (SSSR count). The zero-order chi connectivity index (χ0) is 23.6. The van der Waals surface area contributed by atoms with Crippen LogP contribution >= 0.6 is 0 Å². The summed E-state index contributed by atoms with van der Waals surface area (Å²) >= 11 is 0. The number of piperidine rings is 1. The number of aromatic nitrogens is 5. The molecule has 2 aromatic carbocycles. The molecule has 0 amide bonds. The maximum Gasteiger partial charge on any atom is 0.202 e. The Bertz CT molecular complexity index is 1580. The molecule has 3 atom stereocenters. The maximum absolute atomic E-state index is 14.7. The number of fused-ring (bicyclic) bond motifs is 3. The van der Waals surface area contributed by atoms with E-state index < -0.39 is 0 Å². The van der Waals surface area contributed by atoms with Gasteiger partial charge in [-0.2, -0.15) is 5.10 Å². The molecule has 8 heteroatoms. The van der Waals surface area contributed by atoms with Crippen LogP contribution in [0.25, 0.3) is 33.2 Å². The summed E-state index contributed by atoms with van der Waals surface area (Å²) in [5, 5.41) is 9.77. The molecule has 0 spiro atoms. The van der Waals surface area contributed by atoms with Crippen molar-refractivity contribution in [1.82, 2.24) is 25.1 Å². The fraction of sp³-hybridized carbons (Fsp3) is 0.259. The number of halogens is 1. The Kier molecular flexibility index (Phi) is 4.41. The number of anilines is 1. The standard InChI is InChI=1S/C27H24FN7/c28-22-4-2-1-3-20(22)27(15-29)19-8-10-35(14-21(19)27)23-13-31-25-24(33-34-26(25)32-23)17-5-6-18-12-30-9-7-16(18)11-17/h1-7,9,11-13,19,21H,8,10,14-15,29H2,(H,32,33,34)/t19-,21+,27-/m1/s1. The van der Waals surface area contributed by atoms with Gasteiger partial charge in [0.15, 0.2) is 0 Å². The lowest BCUT2D eigenvalue weighted by molar-refractivity contribution is 0.533. The van der Waals surface area contributed by atoms with Crippen LogP contribution in [0.1, 0.15) is 12.0 Å². The number of hydrogen-bond acceptors (Lipinski definition) is 6. The van der Waals surface area contributed by atoms with Crippen molar-refractivity contribution in [2.75, 3.05) is 24.5 Å². The van der Waals surface area contributed by atoms with Crippen LogP contribution < -0.4 is 10.6 Å². The van der Waals surface area contributed by atoms with Gasteiger partial charge in [-0.25, -0.2) is 14.4 Å². The Balaban J connectivity index is 1.18. The lowest BCUT2D eigenvalue weighted by atomic mass is 9.91. The van der Waals surface area contributed by atoms with Crippen LogP contribution in [0.2, 0.25) is 0 Å². The van der Waals surface area contributed by atoms with E-state index in [0.29, 0.717) is 24.0 Å². The van der Waals surface area contributed by atoms with Crippen molar-refractivity contribution in [3.8, 4) is 11.3 Å². The van der Waals surface area contributed by atoms with Crippen LogP contribution in [0.5, 0.6) is 0 Å². The van der Waals surface area contributed by atoms with Gasteiger partial charge in [-0.05, 0) is 47.4 Å². The van der Waals surface area contributed by atoms with E-state index in [2.05, 4.69) is 26.1 Å². The molecule has 4 heterocycles. The largest absolute Gasteiger partial charge is 0.355 e. The Morgan fingerprint density at radius 1 is 1.09 bits per heavy atom. The number of rotatable bonds is 4. The molecule has 1 saturated carbocycles. The normalized spacial score (nSPS) is 23.5. The van der Waals surface area contributed by atoms with Gasteiger partial charge in [-0.1, -0.05) is 30.3 Å². The summed E-state index contributed by atoms with van der Waals surface area (Å²) in [6, 6.07) is 15.3. The first kappa shape index (κ1) is 20.5. The van der Waals surface area contributed by atoms with E-state index in [1.807, 2.05) is 42.7 Å². The summed E-state index contributed by atoms with van der Waals surface area (Å²) in [6.45, 7) is 2.08. The minimum atomic E-state index is -0.289. The second-order valence-electron chi connectivity index (χ2n) is 9.61. The van der Waals surface area contributed by atoms with E-state index in [4.69, 9.17) is 15.7 Å². The van der Waals surface area contributed by atoms with Gasteiger partial charge in [0.05, 0.1) is 11.9 Å². The van der Waals surface area contributed by atoms with E-state index in [1.165, 1.54) is 6.07 Å². The Labute approximate surface area is 201 Å². The molecule has 35 heavy (non-hydrogen) atoms. The number of nitrogens with one attached hydrogen (secondary N) is 1. The number of benzene rings is 2. The van der Waals surface area contributed by atoms with Gasteiger partial charge in [0, 0.05) is 48.4 Å². The van der Waals surface area contributed by atoms with Crippen LogP contribution in [-0.2, 0) is 5.41 Å². The predicted molar refractivity (Wildman–Crippen MR) is 133 cm³/mol. The molecule has 1 saturated heterocycles. The van der Waals surface area contributed by atoms with E-state index in [1.54, 1.807) is 12.3 Å². The highest BCUT2D eigenvalue weighted by Crippen LogP contribution is 2.63. The van der Waals surface area contributed by atoms with Gasteiger partial charge in [0.1, 0.15) is 17.2 Å². The number of H-pyrrole nitrogens is 1. The molecule has 2 fully saturated rings. The molecule has 1 aliphatic carbocycles. The molecule has 0 radical (unpaired) electrons. The molecule has 5 aromatic rings. The third-order valence-corrected chi connectivity index (χ3v) is 8.05. The molecular formula is C27H24FN7. The lowest BCUT2D eigenvalue weighted by Crippen LogP contribution is -2.32. The first-order chi connectivity index (χ1) is 17.2. The molecule has 0 bridgehead atoms. The first-order valence-electron chi connectivity index (χ1n) is 11.9. The smallest absolute Gasteiger partial charge is 0.202 e. The highest BCUT2D eigenvalue weighted by molar-refractivity contribution is 5.92. The van der Waals surface area contributed by atoms with Crippen molar-refractivity contribution in [3.63, 3.8) is 0 Å². The van der Waals surface area contributed by atoms with Crippen LogP contribution in [-0.4, -0.2) is 44.8 Å². The van der Waals surface area contributed by atoms with Gasteiger partial charge in [-0.3, -0.25) is 10.1 Å². The van der Waals surface area contributed by atoms with Crippen molar-refractivity contribution in [3.05, 3.63) is 78.5 Å². The number of aromatic amines is 1. The first-order valence-corrected chi connectivity index (χ1v) is 11.9. The Hall–Kier alpha value is -3.91. The van der Waals surface area contributed by atoms with Crippen molar-refractivity contribution in [1.29, 1.82) is 0 Å². The number of hydrogen-bond donors (Lipinski definition) is 2. The topological polar surface area (TPSA) is 96.6 Å². The van der Waals surface area contributed by atoms with Gasteiger partial charge < -0.3 is 10.6 Å². The Morgan fingerprint density at radius 2 is 2.00 bits per heavy atom. The second-order valence-corrected chi connectivity index (χ2v) is 9.61. The average molecular weight is 466 g/mol. The molecular weight excluding hydrogens is 441 g/mol. The van der Waals surface area contributed by atoms with Gasteiger partial charge in [-0.15, -0.1) is 0 Å². The van der Waals surface area contributed by atoms with E-state index in [-0.39, 0.29) is 11.2 Å². The summed E-state index contributed by atoms with van der Waals surface area (Å²) in [4.78, 5) is 16.0. The highest BCUT2D eigenvalue weighted by atomic mass is 19.1. The third-order valence-electron chi connectivity index (χ3n) is 8.05. The zero-order valence-electron chi connectivity index (χ0n) is 19.0. The molecule has 174 valence electrons. The summed E-state index contributed by atoms with van der Waals surface area (Å²) in [6.07, 6.45) is 6.42. The minimum absolute atomic E-state index is 0.158. The number of nitrogens with zero attached hydrogens (tertiary/aromatic N) is 5. The van der Waals surface area contributed by atoms with Gasteiger partial charge in [0.25, 0.3) is 0 Å². The molecule has 2 aliphatic rings. The van der Waals surface area contributed by atoms with E-state index in [0.717, 1.165) is 58.4 Å². The number of nitrogens with two attached hydrogens (primary N) is 1. The highest BCUT2D eigenvalue weighted by Gasteiger charge is 2.66. The van der Waals surface area contributed by atoms with Crippen molar-refractivity contribution < 1.29 is 4.39 Å². The van der Waals surface area contributed by atoms with E-state index in [9.17, 15) is 4.39 Å². The van der Waals surface area contributed by atoms with Gasteiger partial charge >= 0.3 is 0 Å². The summed E-state index contributed by atoms with van der Waals surface area (Å²) in [5.41, 5.74) is 9.90. The van der Waals surface area contributed by atoms with E-state index >= 15 is 0 Å². The maximum atomic E-state index is 14.7. The summed E-state index contributed by atoms with van der Waals surface area (Å²) in [5.74, 6) is 1.34. The van der Waals surface area contributed by atoms with Crippen molar-refractivity contribution in [2.24, 2.45) is 17.6 Å². The predicted octanol–water partition coefficient (Wildman–Crippen LogP) is 4.06. The molecule has 3 aromatic heterocycles. The average Bonchev–Trinajstić information content (AvgIpc) is 3.36. The third kappa shape index (κ3) is 2.99. The number of pyridine rings is 1. The molecule has 3 N–H and O–H groups in total. The van der Waals surface area contributed by atoms with Gasteiger partial charge in [0.2, 0.25) is 5.65 Å². The fourth-order valence-corrected chi connectivity index (χ4v) is 6.21. The van der Waals surface area contributed by atoms with Crippen molar-refractivity contribution in [2.45, 2.75) is 11.8 Å². The van der Waals surface area contributed by atoms with Crippen LogP contribution in [0.3, 0.4) is 0 Å². The van der Waals surface area contributed by atoms with Crippen LogP contribution in [0.15, 0.2) is 67.1 Å². The molecule has 7 nitrogen and oxygen atoms in total. The monoisotopic (exact) mass is 465 g/mol. The molecule has 0 unspecified atom stereocenters. The Morgan fingerprint density at radius 3 is 2.89 bits per heavy atom. The molecule has 1 aliphatic heterocycles. The zero-order valence-corrected chi connectivity index (χ0v) is 19.0. The fourth-order valence-electron chi connectivity index (χ4n) is 6.21. The lowest BCUT2D eigenvalue weighted by Gasteiger charge is -2.26. The summed E-state index contributed by atoms with van der Waals surface area (Å²) < 4.78 is 14.7. The van der Waals surface area contributed by atoms with Crippen LogP contribution in [0.4, 0.5) is 10.2 Å². The quantitative estimate of drug-likeness (QED) is 0.416.